The second-order valence-electron chi connectivity index (χ2n) is 26.3. The molecule has 0 saturated heterocycles. The molecule has 0 N–H and O–H groups in total. The highest BCUT2D eigenvalue weighted by Crippen LogP contribution is 2.52. The standard InChI is InChI=1S/C83H48B3F4N3O4S4/c1-45-32-33-54-72(34-45)101-83-81(54)99-74-40-52(93(49-24-12-5-13-25-49)79-61(89)29-17-30-62(79)90)38-70-77(74)86(83)58-42-56-64(44-66(58)97-70)95-68-36-50(91(46-18-6-2-7-19-46)47-20-8-3-9-21-47)35-67-75(68)84(56)55-41-57-65(43-63(55)94-67)96-69-37-51(92(48-22-10-4-11-23-48)78-59(87)27-16-28-60(78)88)39-73-76(69)85(57)82-80(98-73)53-26-14-15-31-71(53)100-82/h2-33,35-45H,34H2,1H3. The van der Waals surface area contributed by atoms with Gasteiger partial charge in [0.1, 0.15) is 80.6 Å². The molecule has 1 unspecified atom stereocenters. The maximum Gasteiger partial charge on any atom is 0.266 e. The molecule has 8 heterocycles. The second-order valence-corrected chi connectivity index (χ2v) is 30.6. The van der Waals surface area contributed by atoms with Crippen LogP contribution in [0, 0.1) is 29.2 Å². The van der Waals surface area contributed by atoms with Crippen molar-refractivity contribution >= 4 is 181 Å². The summed E-state index contributed by atoms with van der Waals surface area (Å²) in [6, 6.07) is 76.5. The Bertz CT molecular complexity index is 5830. The molecule has 0 bridgehead atoms. The van der Waals surface area contributed by atoms with E-state index in [0.29, 0.717) is 74.7 Å². The third-order valence-electron chi connectivity index (χ3n) is 20.3. The number of ether oxygens (including phenoxy) is 4. The molecule has 7 nitrogen and oxygen atoms in total. The van der Waals surface area contributed by atoms with E-state index in [1.54, 1.807) is 44.7 Å². The molecule has 6 aliphatic heterocycles. The predicted molar refractivity (Wildman–Crippen MR) is 407 cm³/mol. The zero-order valence-electron chi connectivity index (χ0n) is 53.4. The maximum absolute atomic E-state index is 16.4. The minimum atomic E-state index is -0.701. The van der Waals surface area contributed by atoms with E-state index < -0.39 is 30.0 Å². The molecule has 0 amide bonds. The van der Waals surface area contributed by atoms with E-state index in [9.17, 15) is 0 Å². The molecule has 12 aromatic carbocycles. The van der Waals surface area contributed by atoms with Crippen LogP contribution in [0.1, 0.15) is 17.4 Å². The Morgan fingerprint density at radius 2 is 0.762 bits per heavy atom. The Morgan fingerprint density at radius 1 is 0.366 bits per heavy atom. The minimum absolute atomic E-state index is 0.192. The maximum atomic E-state index is 16.4. The van der Waals surface area contributed by atoms with Crippen LogP contribution in [0.25, 0.3) is 16.2 Å². The predicted octanol–water partition coefficient (Wildman–Crippen LogP) is 18.0. The zero-order valence-corrected chi connectivity index (χ0v) is 56.7. The lowest BCUT2D eigenvalue weighted by molar-refractivity contribution is 0.452. The summed E-state index contributed by atoms with van der Waals surface area (Å²) in [5.41, 5.74) is 12.3. The summed E-state index contributed by atoms with van der Waals surface area (Å²) >= 11 is 6.99. The van der Waals surface area contributed by atoms with Gasteiger partial charge in [-0.1, -0.05) is 158 Å². The van der Waals surface area contributed by atoms with Crippen molar-refractivity contribution in [3.8, 4) is 46.0 Å². The fraction of sp³-hybridized carbons (Fsp3) is 0.0361. The first-order valence-corrected chi connectivity index (χ1v) is 36.7. The van der Waals surface area contributed by atoms with Gasteiger partial charge in [0, 0.05) is 105 Å². The van der Waals surface area contributed by atoms with Crippen molar-refractivity contribution in [2.45, 2.75) is 32.9 Å². The van der Waals surface area contributed by atoms with Crippen LogP contribution in [0.4, 0.5) is 68.7 Å². The number of fused-ring (bicyclic) bond motifs is 16. The summed E-state index contributed by atoms with van der Waals surface area (Å²) < 4.78 is 98.8. The number of benzene rings is 12. The van der Waals surface area contributed by atoms with Gasteiger partial charge in [-0.25, -0.2) is 17.6 Å². The number of allylic oxidation sites excluding steroid dienone is 1. The highest BCUT2D eigenvalue weighted by Gasteiger charge is 2.50. The summed E-state index contributed by atoms with van der Waals surface area (Å²) in [7, 11) is 0. The van der Waals surface area contributed by atoms with Crippen molar-refractivity contribution in [3.05, 3.63) is 282 Å². The highest BCUT2D eigenvalue weighted by atomic mass is 32.2. The van der Waals surface area contributed by atoms with Crippen LogP contribution in [0.3, 0.4) is 0 Å². The van der Waals surface area contributed by atoms with Crippen LogP contribution in [-0.2, 0) is 6.42 Å². The van der Waals surface area contributed by atoms with Crippen LogP contribution >= 0.6 is 46.2 Å². The Kier molecular flexibility index (Phi) is 13.3. The molecule has 480 valence electrons. The van der Waals surface area contributed by atoms with Crippen LogP contribution in [-0.4, -0.2) is 20.1 Å². The Hall–Kier alpha value is -10.7. The summed E-state index contributed by atoms with van der Waals surface area (Å²) in [5.74, 6) is 2.30. The molecule has 0 spiro atoms. The lowest BCUT2D eigenvalue weighted by atomic mass is 9.31. The van der Waals surface area contributed by atoms with Crippen molar-refractivity contribution in [1.29, 1.82) is 0 Å². The smallest absolute Gasteiger partial charge is 0.266 e. The molecule has 2 aromatic heterocycles. The first kappa shape index (κ1) is 59.1. The van der Waals surface area contributed by atoms with Crippen molar-refractivity contribution in [2.75, 3.05) is 14.7 Å². The van der Waals surface area contributed by atoms with E-state index in [-0.39, 0.29) is 24.8 Å². The number of thiophene rings is 2. The van der Waals surface area contributed by atoms with Gasteiger partial charge >= 0.3 is 0 Å². The molecule has 1 atom stereocenters. The summed E-state index contributed by atoms with van der Waals surface area (Å²) in [4.78, 5) is 10.9. The SMILES string of the molecule is CC1C=Cc2c(sc3c2Sc2cc(N(c4ccccc4)c4c(F)cccc4F)cc4c2B3c2cc3c(cc2O4)Oc2cc(N(c4ccccc4)c4ccccc4)cc4c2B3c2cc3c(cc2O4)Oc2cc(N(c4ccccc4)c4c(F)cccc4F)cc4c2B3c2sc3ccccc3c2S4)C1. The molecular formula is C83H48B3F4N3O4S4. The minimum Gasteiger partial charge on any atom is -0.458 e. The quantitative estimate of drug-likeness (QED) is 0.104. The molecule has 101 heavy (non-hydrogen) atoms. The summed E-state index contributed by atoms with van der Waals surface area (Å²) in [6.45, 7) is 1.15. The number of hydrogen-bond donors (Lipinski definition) is 0. The van der Waals surface area contributed by atoms with Crippen LogP contribution in [0.2, 0.25) is 0 Å². The van der Waals surface area contributed by atoms with Crippen LogP contribution < -0.4 is 81.4 Å². The van der Waals surface area contributed by atoms with E-state index >= 15 is 17.6 Å². The van der Waals surface area contributed by atoms with Crippen molar-refractivity contribution in [1.82, 2.24) is 0 Å². The number of rotatable bonds is 9. The number of anilines is 9. The van der Waals surface area contributed by atoms with E-state index in [1.165, 1.54) is 56.4 Å². The van der Waals surface area contributed by atoms with E-state index in [4.69, 9.17) is 18.9 Å². The lowest BCUT2D eigenvalue weighted by Gasteiger charge is -2.38. The Morgan fingerprint density at radius 3 is 1.24 bits per heavy atom. The van der Waals surface area contributed by atoms with Crippen molar-refractivity contribution in [3.63, 3.8) is 0 Å². The Labute approximate surface area is 595 Å². The van der Waals surface area contributed by atoms with E-state index in [2.05, 4.69) is 109 Å². The van der Waals surface area contributed by atoms with Crippen molar-refractivity contribution in [2.24, 2.45) is 5.92 Å². The molecule has 0 fully saturated rings. The van der Waals surface area contributed by atoms with Crippen LogP contribution in [0.5, 0.6) is 46.0 Å². The van der Waals surface area contributed by atoms with E-state index in [0.717, 1.165) is 91.4 Å². The van der Waals surface area contributed by atoms with Gasteiger partial charge in [-0.05, 0) is 146 Å². The highest BCUT2D eigenvalue weighted by molar-refractivity contribution is 8.01. The fourth-order valence-corrected chi connectivity index (χ4v) is 21.8. The van der Waals surface area contributed by atoms with Gasteiger partial charge < -0.3 is 33.6 Å². The number of halogens is 4. The number of nitrogens with zero attached hydrogens (tertiary/aromatic N) is 3. The fourth-order valence-electron chi connectivity index (χ4n) is 16.0. The molecule has 7 aliphatic rings. The normalized spacial score (nSPS) is 14.6. The molecule has 21 rings (SSSR count). The van der Waals surface area contributed by atoms with Gasteiger partial charge in [0.05, 0.1) is 17.1 Å². The molecule has 14 aromatic rings. The van der Waals surface area contributed by atoms with Gasteiger partial charge in [-0.15, -0.1) is 11.3 Å². The zero-order chi connectivity index (χ0) is 67.0. The van der Waals surface area contributed by atoms with Gasteiger partial charge in [-0.3, -0.25) is 0 Å². The van der Waals surface area contributed by atoms with Crippen LogP contribution in [0.15, 0.2) is 268 Å². The van der Waals surface area contributed by atoms with Gasteiger partial charge in [0.2, 0.25) is 0 Å². The first-order chi connectivity index (χ1) is 49.6. The summed E-state index contributed by atoms with van der Waals surface area (Å²) in [5, 5.41) is 1.12. The second kappa shape index (κ2) is 22.6. The van der Waals surface area contributed by atoms with Gasteiger partial charge in [0.25, 0.3) is 20.1 Å². The average molecular weight is 1390 g/mol. The monoisotopic (exact) mass is 1390 g/mol. The topological polar surface area (TPSA) is 46.6 Å². The molecular weight excluding hydrogens is 1340 g/mol. The number of hydrogen-bond acceptors (Lipinski definition) is 11. The third-order valence-corrected chi connectivity index (χ3v) is 25.5. The largest absolute Gasteiger partial charge is 0.458 e. The Balaban J connectivity index is 0.786. The van der Waals surface area contributed by atoms with Gasteiger partial charge in [-0.2, -0.15) is 11.3 Å². The lowest BCUT2D eigenvalue weighted by Crippen LogP contribution is -2.63. The summed E-state index contributed by atoms with van der Waals surface area (Å²) in [6.07, 6.45) is 5.47. The first-order valence-electron chi connectivity index (χ1n) is 33.4. The van der Waals surface area contributed by atoms with Gasteiger partial charge in [0.15, 0.2) is 0 Å². The molecule has 18 heteroatoms. The molecule has 1 aliphatic carbocycles. The molecule has 0 saturated carbocycles. The third kappa shape index (κ3) is 9.10. The number of para-hydroxylation sites is 6. The van der Waals surface area contributed by atoms with Crippen molar-refractivity contribution < 1.29 is 36.5 Å². The van der Waals surface area contributed by atoms with E-state index in [1.807, 2.05) is 133 Å². The molecule has 0 radical (unpaired) electrons. The average Bonchev–Trinajstić information content (AvgIpc) is 1.69.